The Kier molecular flexibility index (Phi) is 4.70. The largest absolute Gasteiger partial charge is 0.469 e. The third kappa shape index (κ3) is 3.07. The fourth-order valence-electron chi connectivity index (χ4n) is 3.17. The van der Waals surface area contributed by atoms with Gasteiger partial charge in [0, 0.05) is 17.8 Å². The number of carbonyl (C=O) groups excluding carboxylic acids is 3. The first-order valence-electron chi connectivity index (χ1n) is 8.16. The normalized spacial score (nSPS) is 15.5. The highest BCUT2D eigenvalue weighted by atomic mass is 16.5. The molecular weight excluding hydrogens is 322 g/mol. The summed E-state index contributed by atoms with van der Waals surface area (Å²) >= 11 is 0. The van der Waals surface area contributed by atoms with E-state index in [0.717, 1.165) is 5.69 Å². The Morgan fingerprint density at radius 1 is 1.16 bits per heavy atom. The maximum atomic E-state index is 12.9. The highest BCUT2D eigenvalue weighted by Crippen LogP contribution is 2.32. The summed E-state index contributed by atoms with van der Waals surface area (Å²) < 4.78 is 11.6. The fourth-order valence-corrected chi connectivity index (χ4v) is 3.17. The molecule has 2 heterocycles. The lowest BCUT2D eigenvalue weighted by atomic mass is 10.0. The standard InChI is InChI=1S/C19H19NO5/c1-3-25-18(22)13-6-4-5-12(11-13)17(21)16-8-7-15-14(19(23)24-2)9-10-20(15)16/h4-8,11,14H,3,9-10H2,1-2H3. The number of benzene rings is 1. The van der Waals surface area contributed by atoms with Gasteiger partial charge in [0.2, 0.25) is 5.78 Å². The molecule has 0 amide bonds. The Morgan fingerprint density at radius 2 is 1.92 bits per heavy atom. The number of hydrogen-bond acceptors (Lipinski definition) is 5. The molecule has 6 heteroatoms. The van der Waals surface area contributed by atoms with E-state index >= 15 is 0 Å². The molecule has 1 atom stereocenters. The van der Waals surface area contributed by atoms with Gasteiger partial charge in [-0.3, -0.25) is 9.59 Å². The van der Waals surface area contributed by atoms with Crippen molar-refractivity contribution in [3.8, 4) is 0 Å². The van der Waals surface area contributed by atoms with Crippen LogP contribution in [0, 0.1) is 0 Å². The molecule has 0 N–H and O–H groups in total. The van der Waals surface area contributed by atoms with Gasteiger partial charge < -0.3 is 14.0 Å². The Bertz CT molecular complexity index is 836. The van der Waals surface area contributed by atoms with Crippen molar-refractivity contribution >= 4 is 17.7 Å². The van der Waals surface area contributed by atoms with Crippen molar-refractivity contribution in [2.45, 2.75) is 25.8 Å². The molecule has 1 aromatic heterocycles. The SMILES string of the molecule is CCOC(=O)c1cccc(C(=O)c2ccc3n2CCC3C(=O)OC)c1. The molecule has 6 nitrogen and oxygen atoms in total. The molecule has 1 aliphatic heterocycles. The van der Waals surface area contributed by atoms with Crippen molar-refractivity contribution < 1.29 is 23.9 Å². The molecule has 1 aliphatic rings. The van der Waals surface area contributed by atoms with Crippen LogP contribution in [0.4, 0.5) is 0 Å². The van der Waals surface area contributed by atoms with E-state index in [1.807, 2.05) is 4.57 Å². The molecule has 1 aromatic carbocycles. The van der Waals surface area contributed by atoms with E-state index in [1.165, 1.54) is 13.2 Å². The first-order chi connectivity index (χ1) is 12.1. The third-order valence-electron chi connectivity index (χ3n) is 4.37. The van der Waals surface area contributed by atoms with Crippen molar-refractivity contribution in [3.05, 3.63) is 58.9 Å². The first-order valence-corrected chi connectivity index (χ1v) is 8.16. The molecule has 0 aliphatic carbocycles. The second-order valence-electron chi connectivity index (χ2n) is 5.79. The number of aromatic nitrogens is 1. The van der Waals surface area contributed by atoms with Gasteiger partial charge >= 0.3 is 11.9 Å². The fraction of sp³-hybridized carbons (Fsp3) is 0.316. The lowest BCUT2D eigenvalue weighted by Crippen LogP contribution is -2.12. The Morgan fingerprint density at radius 3 is 2.64 bits per heavy atom. The summed E-state index contributed by atoms with van der Waals surface area (Å²) in [7, 11) is 1.36. The molecular formula is C19H19NO5. The minimum atomic E-state index is -0.455. The number of ether oxygens (including phenoxy) is 2. The van der Waals surface area contributed by atoms with E-state index in [0.29, 0.717) is 29.8 Å². The highest BCUT2D eigenvalue weighted by Gasteiger charge is 2.32. The number of carbonyl (C=O) groups is 3. The predicted octanol–water partition coefficient (Wildman–Crippen LogP) is 2.56. The monoisotopic (exact) mass is 341 g/mol. The molecule has 2 aromatic rings. The summed E-state index contributed by atoms with van der Waals surface area (Å²) in [5, 5.41) is 0. The molecule has 0 saturated carbocycles. The number of rotatable bonds is 5. The lowest BCUT2D eigenvalue weighted by molar-refractivity contribution is -0.142. The van der Waals surface area contributed by atoms with Crippen LogP contribution in [0.3, 0.4) is 0 Å². The second-order valence-corrected chi connectivity index (χ2v) is 5.79. The summed E-state index contributed by atoms with van der Waals surface area (Å²) in [4.78, 5) is 36.5. The van der Waals surface area contributed by atoms with Crippen LogP contribution in [-0.4, -0.2) is 36.0 Å². The van der Waals surface area contributed by atoms with Crippen LogP contribution >= 0.6 is 0 Å². The molecule has 1 unspecified atom stereocenters. The summed E-state index contributed by atoms with van der Waals surface area (Å²) in [5.41, 5.74) is 2.04. The van der Waals surface area contributed by atoms with Crippen molar-refractivity contribution in [1.29, 1.82) is 0 Å². The zero-order valence-corrected chi connectivity index (χ0v) is 14.2. The maximum absolute atomic E-state index is 12.9. The van der Waals surface area contributed by atoms with Gasteiger partial charge in [0.05, 0.1) is 30.9 Å². The topological polar surface area (TPSA) is 74.6 Å². The summed E-state index contributed by atoms with van der Waals surface area (Å²) in [6.07, 6.45) is 0.617. The molecule has 0 spiro atoms. The minimum Gasteiger partial charge on any atom is -0.469 e. The Labute approximate surface area is 145 Å². The van der Waals surface area contributed by atoms with Gasteiger partial charge in [0.25, 0.3) is 0 Å². The average Bonchev–Trinajstić information content (AvgIpc) is 3.22. The van der Waals surface area contributed by atoms with Crippen LogP contribution in [0.1, 0.15) is 51.4 Å². The molecule has 0 bridgehead atoms. The van der Waals surface area contributed by atoms with Gasteiger partial charge in [0.1, 0.15) is 0 Å². The van der Waals surface area contributed by atoms with E-state index in [2.05, 4.69) is 0 Å². The van der Waals surface area contributed by atoms with Crippen molar-refractivity contribution in [2.75, 3.05) is 13.7 Å². The molecule has 0 radical (unpaired) electrons. The van der Waals surface area contributed by atoms with Crippen molar-refractivity contribution in [1.82, 2.24) is 4.57 Å². The number of nitrogens with zero attached hydrogens (tertiary/aromatic N) is 1. The zero-order chi connectivity index (χ0) is 18.0. The van der Waals surface area contributed by atoms with Gasteiger partial charge in [-0.2, -0.15) is 0 Å². The predicted molar refractivity (Wildman–Crippen MR) is 89.6 cm³/mol. The first kappa shape index (κ1) is 17.0. The van der Waals surface area contributed by atoms with Gasteiger partial charge in [0.15, 0.2) is 0 Å². The summed E-state index contributed by atoms with van der Waals surface area (Å²) in [5.74, 6) is -1.27. The zero-order valence-electron chi connectivity index (χ0n) is 14.2. The van der Waals surface area contributed by atoms with E-state index in [4.69, 9.17) is 9.47 Å². The van der Waals surface area contributed by atoms with Crippen LogP contribution < -0.4 is 0 Å². The quantitative estimate of drug-likeness (QED) is 0.617. The van der Waals surface area contributed by atoms with Crippen LogP contribution in [0.25, 0.3) is 0 Å². The van der Waals surface area contributed by atoms with Gasteiger partial charge in [-0.15, -0.1) is 0 Å². The van der Waals surface area contributed by atoms with E-state index < -0.39 is 5.97 Å². The van der Waals surface area contributed by atoms with Crippen molar-refractivity contribution in [2.24, 2.45) is 0 Å². The molecule has 25 heavy (non-hydrogen) atoms. The molecule has 130 valence electrons. The summed E-state index contributed by atoms with van der Waals surface area (Å²) in [6.45, 7) is 2.59. The van der Waals surface area contributed by atoms with Gasteiger partial charge in [-0.1, -0.05) is 12.1 Å². The number of ketones is 1. The highest BCUT2D eigenvalue weighted by molar-refractivity contribution is 6.09. The average molecular weight is 341 g/mol. The number of fused-ring (bicyclic) bond motifs is 1. The van der Waals surface area contributed by atoms with Crippen molar-refractivity contribution in [3.63, 3.8) is 0 Å². The molecule has 3 rings (SSSR count). The van der Waals surface area contributed by atoms with E-state index in [-0.39, 0.29) is 24.3 Å². The minimum absolute atomic E-state index is 0.192. The van der Waals surface area contributed by atoms with E-state index in [1.54, 1.807) is 37.3 Å². The van der Waals surface area contributed by atoms with Crippen LogP contribution in [0.15, 0.2) is 36.4 Å². The van der Waals surface area contributed by atoms with E-state index in [9.17, 15) is 14.4 Å². The van der Waals surface area contributed by atoms with Crippen LogP contribution in [-0.2, 0) is 20.8 Å². The number of esters is 2. The van der Waals surface area contributed by atoms with Gasteiger partial charge in [-0.05, 0) is 37.6 Å². The third-order valence-corrected chi connectivity index (χ3v) is 4.37. The second kappa shape index (κ2) is 6.93. The molecule has 0 fully saturated rings. The van der Waals surface area contributed by atoms with Crippen LogP contribution in [0.5, 0.6) is 0 Å². The Hall–Kier alpha value is -2.89. The molecule has 0 saturated heterocycles. The smallest absolute Gasteiger partial charge is 0.338 e. The Balaban J connectivity index is 1.90. The lowest BCUT2D eigenvalue weighted by Gasteiger charge is -2.08. The summed E-state index contributed by atoms with van der Waals surface area (Å²) in [6, 6.07) is 9.97. The number of hydrogen-bond donors (Lipinski definition) is 0. The van der Waals surface area contributed by atoms with Crippen LogP contribution in [0.2, 0.25) is 0 Å². The maximum Gasteiger partial charge on any atom is 0.338 e. The van der Waals surface area contributed by atoms with Gasteiger partial charge in [-0.25, -0.2) is 4.79 Å². The number of methoxy groups -OCH3 is 1.